The average Bonchev–Trinajstić information content (AvgIpc) is 2.18. The lowest BCUT2D eigenvalue weighted by molar-refractivity contribution is 0.0402. The molecular formula is C13H20O2. The number of rotatable bonds is 4. The van der Waals surface area contributed by atoms with Gasteiger partial charge in [0.25, 0.3) is 0 Å². The molecule has 0 atom stereocenters. The molecule has 0 heterocycles. The van der Waals surface area contributed by atoms with E-state index in [1.165, 1.54) is 5.56 Å². The molecule has 0 aliphatic carbocycles. The molecule has 1 aromatic carbocycles. The maximum atomic E-state index is 9.16. The predicted octanol–water partition coefficient (Wildman–Crippen LogP) is 2.96. The molecule has 2 nitrogen and oxygen atoms in total. The summed E-state index contributed by atoms with van der Waals surface area (Å²) in [6.45, 7) is 8.04. The van der Waals surface area contributed by atoms with E-state index in [-0.39, 0.29) is 6.61 Å². The van der Waals surface area contributed by atoms with Gasteiger partial charge in [0.15, 0.2) is 0 Å². The zero-order valence-corrected chi connectivity index (χ0v) is 9.95. The third kappa shape index (κ3) is 3.24. The standard InChI is InChI=1S/C13H20O2/c1-10(2)11-7-5-6-8-12(11)15-13(3,4)9-14/h5-8,10,14H,9H2,1-4H3. The highest BCUT2D eigenvalue weighted by Crippen LogP contribution is 2.28. The Balaban J connectivity index is 2.94. The minimum absolute atomic E-state index is 0.0133. The van der Waals surface area contributed by atoms with E-state index in [4.69, 9.17) is 9.84 Å². The van der Waals surface area contributed by atoms with Gasteiger partial charge in [0.05, 0.1) is 6.61 Å². The number of aliphatic hydroxyl groups excluding tert-OH is 1. The minimum atomic E-state index is -0.523. The van der Waals surface area contributed by atoms with Crippen molar-refractivity contribution in [1.29, 1.82) is 0 Å². The fraction of sp³-hybridized carbons (Fsp3) is 0.538. The molecule has 1 rings (SSSR count). The normalized spacial score (nSPS) is 11.9. The van der Waals surface area contributed by atoms with Crippen molar-refractivity contribution in [3.8, 4) is 5.75 Å². The fourth-order valence-corrected chi connectivity index (χ4v) is 1.38. The summed E-state index contributed by atoms with van der Waals surface area (Å²) in [5.74, 6) is 1.29. The van der Waals surface area contributed by atoms with E-state index >= 15 is 0 Å². The van der Waals surface area contributed by atoms with E-state index in [9.17, 15) is 0 Å². The van der Waals surface area contributed by atoms with Crippen molar-refractivity contribution < 1.29 is 9.84 Å². The topological polar surface area (TPSA) is 29.5 Å². The van der Waals surface area contributed by atoms with E-state index in [0.717, 1.165) is 5.75 Å². The minimum Gasteiger partial charge on any atom is -0.485 e. The molecule has 2 heteroatoms. The molecule has 0 saturated carbocycles. The monoisotopic (exact) mass is 208 g/mol. The lowest BCUT2D eigenvalue weighted by atomic mass is 10.0. The van der Waals surface area contributed by atoms with Crippen LogP contribution in [-0.2, 0) is 0 Å². The van der Waals surface area contributed by atoms with Crippen LogP contribution >= 0.6 is 0 Å². The van der Waals surface area contributed by atoms with Crippen molar-refractivity contribution in [2.24, 2.45) is 0 Å². The summed E-state index contributed by atoms with van der Waals surface area (Å²) in [6.07, 6.45) is 0. The van der Waals surface area contributed by atoms with E-state index in [1.54, 1.807) is 0 Å². The summed E-state index contributed by atoms with van der Waals surface area (Å²) in [5.41, 5.74) is 0.657. The maximum absolute atomic E-state index is 9.16. The van der Waals surface area contributed by atoms with E-state index in [1.807, 2.05) is 32.0 Å². The number of aliphatic hydroxyl groups is 1. The van der Waals surface area contributed by atoms with Gasteiger partial charge in [-0.1, -0.05) is 32.0 Å². The Labute approximate surface area is 91.9 Å². The van der Waals surface area contributed by atoms with Gasteiger partial charge in [-0.15, -0.1) is 0 Å². The largest absolute Gasteiger partial charge is 0.485 e. The van der Waals surface area contributed by atoms with Crippen LogP contribution in [-0.4, -0.2) is 17.3 Å². The molecule has 0 saturated heterocycles. The average molecular weight is 208 g/mol. The van der Waals surface area contributed by atoms with E-state index in [2.05, 4.69) is 19.9 Å². The van der Waals surface area contributed by atoms with Gasteiger partial charge in [-0.05, 0) is 31.4 Å². The second kappa shape index (κ2) is 4.67. The fourth-order valence-electron chi connectivity index (χ4n) is 1.38. The highest BCUT2D eigenvalue weighted by atomic mass is 16.5. The molecule has 0 aliphatic heterocycles. The molecule has 0 aromatic heterocycles. The Kier molecular flexibility index (Phi) is 3.75. The van der Waals surface area contributed by atoms with Gasteiger partial charge in [0, 0.05) is 0 Å². The van der Waals surface area contributed by atoms with Crippen LogP contribution in [0.25, 0.3) is 0 Å². The summed E-state index contributed by atoms with van der Waals surface area (Å²) in [7, 11) is 0. The molecule has 0 fully saturated rings. The van der Waals surface area contributed by atoms with Crippen LogP contribution in [0.4, 0.5) is 0 Å². The smallest absolute Gasteiger partial charge is 0.126 e. The van der Waals surface area contributed by atoms with Crippen molar-refractivity contribution in [2.75, 3.05) is 6.61 Å². The quantitative estimate of drug-likeness (QED) is 0.824. The Morgan fingerprint density at radius 2 is 1.87 bits per heavy atom. The molecule has 0 radical (unpaired) electrons. The zero-order chi connectivity index (χ0) is 11.5. The highest BCUT2D eigenvalue weighted by Gasteiger charge is 2.20. The summed E-state index contributed by atoms with van der Waals surface area (Å²) < 4.78 is 5.79. The van der Waals surface area contributed by atoms with Gasteiger partial charge < -0.3 is 9.84 Å². The number of para-hydroxylation sites is 1. The van der Waals surface area contributed by atoms with Gasteiger partial charge in [-0.25, -0.2) is 0 Å². The lowest BCUT2D eigenvalue weighted by Crippen LogP contribution is -2.32. The first-order chi connectivity index (χ1) is 6.96. The molecule has 84 valence electrons. The van der Waals surface area contributed by atoms with Crippen LogP contribution in [0.2, 0.25) is 0 Å². The first-order valence-electron chi connectivity index (χ1n) is 5.35. The SMILES string of the molecule is CC(C)c1ccccc1OC(C)(C)CO. The molecular weight excluding hydrogens is 188 g/mol. The van der Waals surface area contributed by atoms with E-state index < -0.39 is 5.60 Å². The molecule has 0 bridgehead atoms. The van der Waals surface area contributed by atoms with Crippen LogP contribution in [0.15, 0.2) is 24.3 Å². The van der Waals surface area contributed by atoms with Crippen molar-refractivity contribution in [2.45, 2.75) is 39.2 Å². The zero-order valence-electron chi connectivity index (χ0n) is 9.95. The van der Waals surface area contributed by atoms with Crippen LogP contribution < -0.4 is 4.74 Å². The molecule has 15 heavy (non-hydrogen) atoms. The van der Waals surface area contributed by atoms with Crippen LogP contribution in [0.3, 0.4) is 0 Å². The van der Waals surface area contributed by atoms with Crippen molar-refractivity contribution in [3.63, 3.8) is 0 Å². The maximum Gasteiger partial charge on any atom is 0.126 e. The van der Waals surface area contributed by atoms with Gasteiger partial charge in [0.1, 0.15) is 11.4 Å². The van der Waals surface area contributed by atoms with Crippen molar-refractivity contribution in [3.05, 3.63) is 29.8 Å². The predicted molar refractivity (Wildman–Crippen MR) is 62.3 cm³/mol. The van der Waals surface area contributed by atoms with E-state index in [0.29, 0.717) is 5.92 Å². The van der Waals surface area contributed by atoms with Gasteiger partial charge in [0.2, 0.25) is 0 Å². The Morgan fingerprint density at radius 1 is 1.27 bits per heavy atom. The molecule has 1 aromatic rings. The second-order valence-corrected chi connectivity index (χ2v) is 4.71. The third-order valence-electron chi connectivity index (χ3n) is 2.31. The summed E-state index contributed by atoms with van der Waals surface area (Å²) in [4.78, 5) is 0. The Morgan fingerprint density at radius 3 is 2.40 bits per heavy atom. The summed E-state index contributed by atoms with van der Waals surface area (Å²) >= 11 is 0. The molecule has 0 amide bonds. The summed E-state index contributed by atoms with van der Waals surface area (Å²) in [6, 6.07) is 7.98. The van der Waals surface area contributed by atoms with Crippen LogP contribution in [0.1, 0.15) is 39.2 Å². The number of ether oxygens (including phenoxy) is 1. The first kappa shape index (κ1) is 12.1. The van der Waals surface area contributed by atoms with Crippen molar-refractivity contribution >= 4 is 0 Å². The number of hydrogen-bond donors (Lipinski definition) is 1. The van der Waals surface area contributed by atoms with Crippen molar-refractivity contribution in [1.82, 2.24) is 0 Å². The highest BCUT2D eigenvalue weighted by molar-refractivity contribution is 5.36. The Bertz CT molecular complexity index is 316. The lowest BCUT2D eigenvalue weighted by Gasteiger charge is -2.26. The van der Waals surface area contributed by atoms with Gasteiger partial charge in [-0.3, -0.25) is 0 Å². The molecule has 0 unspecified atom stereocenters. The second-order valence-electron chi connectivity index (χ2n) is 4.71. The van der Waals surface area contributed by atoms with Gasteiger partial charge >= 0.3 is 0 Å². The third-order valence-corrected chi connectivity index (χ3v) is 2.31. The first-order valence-corrected chi connectivity index (χ1v) is 5.35. The van der Waals surface area contributed by atoms with Gasteiger partial charge in [-0.2, -0.15) is 0 Å². The number of hydrogen-bond acceptors (Lipinski definition) is 2. The number of benzene rings is 1. The molecule has 1 N–H and O–H groups in total. The summed E-state index contributed by atoms with van der Waals surface area (Å²) in [5, 5.41) is 9.16. The van der Waals surface area contributed by atoms with Crippen LogP contribution in [0.5, 0.6) is 5.75 Å². The Hall–Kier alpha value is -1.02. The van der Waals surface area contributed by atoms with Crippen LogP contribution in [0, 0.1) is 0 Å². The molecule has 0 spiro atoms. The molecule has 0 aliphatic rings.